The Balaban J connectivity index is 1.71. The summed E-state index contributed by atoms with van der Waals surface area (Å²) in [6.07, 6.45) is 3.68. The lowest BCUT2D eigenvalue weighted by molar-refractivity contribution is -0.121. The first kappa shape index (κ1) is 21.7. The minimum Gasteiger partial charge on any atom is -0.354 e. The Morgan fingerprint density at radius 2 is 2.03 bits per heavy atom. The lowest BCUT2D eigenvalue weighted by atomic mass is 10.2. The Morgan fingerprint density at radius 1 is 1.27 bits per heavy atom. The quantitative estimate of drug-likeness (QED) is 0.379. The number of hydrogen-bond donors (Lipinski definition) is 4. The van der Waals surface area contributed by atoms with Gasteiger partial charge in [0.1, 0.15) is 5.65 Å². The second-order valence-electron chi connectivity index (χ2n) is 7.70. The van der Waals surface area contributed by atoms with Crippen molar-refractivity contribution in [1.82, 2.24) is 25.2 Å². The van der Waals surface area contributed by atoms with Gasteiger partial charge in [0.25, 0.3) is 0 Å². The van der Waals surface area contributed by atoms with Crippen LogP contribution in [0.3, 0.4) is 0 Å². The number of hydrogen-bond acceptors (Lipinski definition) is 5. The van der Waals surface area contributed by atoms with Gasteiger partial charge in [0.15, 0.2) is 0 Å². The van der Waals surface area contributed by atoms with Gasteiger partial charge in [0.2, 0.25) is 5.91 Å². The number of aryl methyl sites for hydroxylation is 1. The van der Waals surface area contributed by atoms with E-state index in [0.717, 1.165) is 41.8 Å². The molecule has 0 aliphatic rings. The first-order chi connectivity index (χ1) is 14.5. The molecular formula is C22H30N6O2. The van der Waals surface area contributed by atoms with Crippen molar-refractivity contribution >= 4 is 16.9 Å². The number of aromatic nitrogens is 3. The molecule has 0 spiro atoms. The van der Waals surface area contributed by atoms with E-state index in [1.54, 1.807) is 6.20 Å². The van der Waals surface area contributed by atoms with Crippen molar-refractivity contribution in [2.24, 2.45) is 5.73 Å². The van der Waals surface area contributed by atoms with Gasteiger partial charge in [0.05, 0.1) is 5.69 Å². The number of nitrogens with one attached hydrogen (secondary N) is 3. The van der Waals surface area contributed by atoms with Crippen LogP contribution in [0.4, 0.5) is 0 Å². The minimum atomic E-state index is -0.345. The van der Waals surface area contributed by atoms with Crippen molar-refractivity contribution in [2.45, 2.75) is 45.7 Å². The van der Waals surface area contributed by atoms with E-state index in [9.17, 15) is 9.59 Å². The summed E-state index contributed by atoms with van der Waals surface area (Å²) in [7, 11) is 0. The lowest BCUT2D eigenvalue weighted by Crippen LogP contribution is -2.30. The van der Waals surface area contributed by atoms with Crippen LogP contribution in [-0.4, -0.2) is 39.6 Å². The van der Waals surface area contributed by atoms with E-state index in [4.69, 9.17) is 5.73 Å². The molecule has 2 aromatic heterocycles. The third-order valence-corrected chi connectivity index (χ3v) is 4.74. The first-order valence-corrected chi connectivity index (χ1v) is 10.4. The van der Waals surface area contributed by atoms with Crippen LogP contribution in [-0.2, 0) is 17.8 Å². The molecule has 0 aliphatic carbocycles. The topological polar surface area (TPSA) is 118 Å². The maximum absolute atomic E-state index is 12.5. The second-order valence-corrected chi connectivity index (χ2v) is 7.70. The molecule has 3 rings (SSSR count). The van der Waals surface area contributed by atoms with Crippen LogP contribution in [0.2, 0.25) is 0 Å². The molecule has 0 saturated heterocycles. The van der Waals surface area contributed by atoms with Gasteiger partial charge in [-0.05, 0) is 63.5 Å². The van der Waals surface area contributed by atoms with Crippen LogP contribution in [0.5, 0.6) is 0 Å². The van der Waals surface area contributed by atoms with Crippen LogP contribution < -0.4 is 22.1 Å². The Hall–Kier alpha value is -2.97. The van der Waals surface area contributed by atoms with Crippen molar-refractivity contribution < 1.29 is 4.79 Å². The van der Waals surface area contributed by atoms with Crippen molar-refractivity contribution in [3.8, 4) is 5.69 Å². The van der Waals surface area contributed by atoms with Crippen molar-refractivity contribution in [3.05, 3.63) is 58.3 Å². The van der Waals surface area contributed by atoms with Crippen LogP contribution >= 0.6 is 0 Å². The van der Waals surface area contributed by atoms with Crippen LogP contribution in [0, 0.1) is 0 Å². The predicted molar refractivity (Wildman–Crippen MR) is 119 cm³/mol. The second kappa shape index (κ2) is 10.2. The van der Waals surface area contributed by atoms with Gasteiger partial charge in [-0.1, -0.05) is 12.1 Å². The highest BCUT2D eigenvalue weighted by Crippen LogP contribution is 2.15. The van der Waals surface area contributed by atoms with E-state index in [0.29, 0.717) is 25.0 Å². The molecule has 0 radical (unpaired) electrons. The van der Waals surface area contributed by atoms with Gasteiger partial charge in [-0.2, -0.15) is 4.98 Å². The SMILES string of the molecule is CC(C)NC(=O)CCc1cc2cn(-c3ccc(CNCCCN)cc3)c(=O)nc2[nH]1. The monoisotopic (exact) mass is 410 g/mol. The summed E-state index contributed by atoms with van der Waals surface area (Å²) in [6.45, 7) is 6.19. The average Bonchev–Trinajstić information content (AvgIpc) is 3.11. The number of nitrogens with zero attached hydrogens (tertiary/aromatic N) is 2. The van der Waals surface area contributed by atoms with Crippen molar-refractivity contribution in [3.63, 3.8) is 0 Å². The maximum atomic E-state index is 12.5. The lowest BCUT2D eigenvalue weighted by Gasteiger charge is -2.07. The summed E-state index contributed by atoms with van der Waals surface area (Å²) in [6, 6.07) is 9.89. The third-order valence-electron chi connectivity index (χ3n) is 4.74. The summed E-state index contributed by atoms with van der Waals surface area (Å²) in [5.74, 6) is 0.00815. The summed E-state index contributed by atoms with van der Waals surface area (Å²) in [5, 5.41) is 7.05. The molecule has 1 aromatic carbocycles. The fraction of sp³-hybridized carbons (Fsp3) is 0.409. The van der Waals surface area contributed by atoms with Gasteiger partial charge >= 0.3 is 5.69 Å². The van der Waals surface area contributed by atoms with E-state index in [1.165, 1.54) is 4.57 Å². The average molecular weight is 411 g/mol. The van der Waals surface area contributed by atoms with E-state index in [-0.39, 0.29) is 17.6 Å². The number of carbonyl (C=O) groups is 1. The highest BCUT2D eigenvalue weighted by Gasteiger charge is 2.10. The highest BCUT2D eigenvalue weighted by atomic mass is 16.2. The summed E-state index contributed by atoms with van der Waals surface area (Å²) >= 11 is 0. The van der Waals surface area contributed by atoms with E-state index < -0.39 is 0 Å². The number of aromatic amines is 1. The standard InChI is InChI=1S/C22H30N6O2/c1-15(2)25-20(29)9-6-18-12-17-14-28(22(30)27-21(17)26-18)19-7-4-16(5-8-19)13-24-11-3-10-23/h4-5,7-8,12,14-15,24H,3,6,9-11,13,23H2,1-2H3,(H,25,29)(H,26,27,30). The maximum Gasteiger partial charge on any atom is 0.354 e. The number of benzene rings is 1. The van der Waals surface area contributed by atoms with Crippen molar-refractivity contribution in [1.29, 1.82) is 0 Å². The molecule has 3 aromatic rings. The van der Waals surface area contributed by atoms with Gasteiger partial charge in [-0.3, -0.25) is 9.36 Å². The molecule has 160 valence electrons. The first-order valence-electron chi connectivity index (χ1n) is 10.4. The number of H-pyrrole nitrogens is 1. The number of amides is 1. The zero-order chi connectivity index (χ0) is 21.5. The molecule has 0 aliphatic heterocycles. The Bertz CT molecular complexity index is 1040. The van der Waals surface area contributed by atoms with Crippen LogP contribution in [0.25, 0.3) is 16.7 Å². The van der Waals surface area contributed by atoms with Gasteiger partial charge in [-0.25, -0.2) is 4.79 Å². The van der Waals surface area contributed by atoms with E-state index in [1.807, 2.05) is 44.2 Å². The fourth-order valence-electron chi connectivity index (χ4n) is 3.25. The normalized spacial score (nSPS) is 11.3. The zero-order valence-corrected chi connectivity index (χ0v) is 17.6. The smallest absolute Gasteiger partial charge is 0.354 e. The van der Waals surface area contributed by atoms with Crippen LogP contribution in [0.1, 0.15) is 37.9 Å². The summed E-state index contributed by atoms with van der Waals surface area (Å²) < 4.78 is 1.54. The van der Waals surface area contributed by atoms with Crippen molar-refractivity contribution in [2.75, 3.05) is 13.1 Å². The number of carbonyl (C=O) groups excluding carboxylic acids is 1. The van der Waals surface area contributed by atoms with Gasteiger partial charge in [0, 0.05) is 36.3 Å². The van der Waals surface area contributed by atoms with E-state index >= 15 is 0 Å². The van der Waals surface area contributed by atoms with Gasteiger partial charge in [-0.15, -0.1) is 0 Å². The Morgan fingerprint density at radius 3 is 2.73 bits per heavy atom. The molecule has 0 saturated carbocycles. The summed E-state index contributed by atoms with van der Waals surface area (Å²) in [5.41, 5.74) is 8.47. The summed E-state index contributed by atoms with van der Waals surface area (Å²) in [4.78, 5) is 31.7. The molecule has 1 amide bonds. The molecule has 8 nitrogen and oxygen atoms in total. The zero-order valence-electron chi connectivity index (χ0n) is 17.6. The largest absolute Gasteiger partial charge is 0.354 e. The Kier molecular flexibility index (Phi) is 7.37. The molecule has 2 heterocycles. The molecule has 8 heteroatoms. The minimum absolute atomic E-state index is 0.00815. The molecule has 0 bridgehead atoms. The molecule has 0 fully saturated rings. The number of nitrogens with two attached hydrogens (primary N) is 1. The molecule has 0 unspecified atom stereocenters. The molecule has 30 heavy (non-hydrogen) atoms. The van der Waals surface area contributed by atoms with Crippen LogP contribution in [0.15, 0.2) is 41.3 Å². The van der Waals surface area contributed by atoms with Gasteiger partial charge < -0.3 is 21.4 Å². The molecular weight excluding hydrogens is 380 g/mol. The number of rotatable bonds is 10. The Labute approximate surface area is 175 Å². The highest BCUT2D eigenvalue weighted by molar-refractivity contribution is 5.78. The van der Waals surface area contributed by atoms with E-state index in [2.05, 4.69) is 20.6 Å². The predicted octanol–water partition coefficient (Wildman–Crippen LogP) is 1.61. The third kappa shape index (κ3) is 5.77. The number of fused-ring (bicyclic) bond motifs is 1. The fourth-order valence-corrected chi connectivity index (χ4v) is 3.25. The molecule has 0 atom stereocenters. The molecule has 5 N–H and O–H groups in total.